The highest BCUT2D eigenvalue weighted by Crippen LogP contribution is 2.32. The second-order valence-corrected chi connectivity index (χ2v) is 13.0. The lowest BCUT2D eigenvalue weighted by molar-refractivity contribution is 0.0696. The Balaban J connectivity index is 1.36. The molecule has 0 spiro atoms. The van der Waals surface area contributed by atoms with Crippen LogP contribution in [0.15, 0.2) is 71.6 Å². The van der Waals surface area contributed by atoms with Crippen LogP contribution in [0, 0.1) is 11.7 Å². The number of carboxylic acid groups (broad SMARTS) is 1. The quantitative estimate of drug-likeness (QED) is 0.326. The Hall–Kier alpha value is -3.11. The minimum Gasteiger partial charge on any atom is -0.478 e. The highest BCUT2D eigenvalue weighted by atomic mass is 32.2. The fourth-order valence-corrected chi connectivity index (χ4v) is 6.58. The zero-order chi connectivity index (χ0) is 28.4. The Labute approximate surface area is 229 Å². The number of aromatic carboxylic acids is 1. The molecule has 39 heavy (non-hydrogen) atoms. The first-order chi connectivity index (χ1) is 18.4. The number of benzene rings is 3. The van der Waals surface area contributed by atoms with Crippen LogP contribution in [-0.4, -0.2) is 60.7 Å². The van der Waals surface area contributed by atoms with Crippen molar-refractivity contribution in [1.82, 2.24) is 9.62 Å². The Bertz CT molecular complexity index is 1430. The molecule has 0 radical (unpaired) electrons. The largest absolute Gasteiger partial charge is 0.478 e. The number of aliphatic hydroxyl groups is 1. The number of halogens is 1. The van der Waals surface area contributed by atoms with E-state index in [1.807, 2.05) is 0 Å². The van der Waals surface area contributed by atoms with Crippen LogP contribution in [0.2, 0.25) is 0 Å². The van der Waals surface area contributed by atoms with Gasteiger partial charge in [-0.2, -0.15) is 4.31 Å². The molecule has 1 aliphatic carbocycles. The number of nitrogens with one attached hydrogen (secondary N) is 1. The average Bonchev–Trinajstić information content (AvgIpc) is 3.29. The molecule has 3 aromatic rings. The Morgan fingerprint density at radius 2 is 1.74 bits per heavy atom. The third-order valence-electron chi connectivity index (χ3n) is 7.29. The summed E-state index contributed by atoms with van der Waals surface area (Å²) in [5.74, 6) is -1.50. The fourth-order valence-electron chi connectivity index (χ4n) is 5.33. The van der Waals surface area contributed by atoms with E-state index >= 15 is 0 Å². The van der Waals surface area contributed by atoms with Crippen molar-refractivity contribution in [2.75, 3.05) is 20.1 Å². The summed E-state index contributed by atoms with van der Waals surface area (Å²) in [6.07, 6.45) is 2.07. The number of rotatable bonds is 11. The number of β-amino-alcohol motifs (C(OH)–C–C–N with tert-alkyl or cyclic N) is 1. The van der Waals surface area contributed by atoms with Crippen molar-refractivity contribution in [3.63, 3.8) is 0 Å². The first kappa shape index (κ1) is 28.9. The first-order valence-electron chi connectivity index (χ1n) is 13.0. The van der Waals surface area contributed by atoms with Crippen molar-refractivity contribution in [1.29, 1.82) is 0 Å². The van der Waals surface area contributed by atoms with Gasteiger partial charge in [0.05, 0.1) is 16.6 Å². The van der Waals surface area contributed by atoms with Gasteiger partial charge in [0.15, 0.2) is 0 Å². The summed E-state index contributed by atoms with van der Waals surface area (Å²) >= 11 is 0. The number of hydrogen-bond acceptors (Lipinski definition) is 5. The number of carboxylic acids is 1. The molecule has 0 bridgehead atoms. The van der Waals surface area contributed by atoms with E-state index < -0.39 is 27.9 Å². The predicted molar refractivity (Wildman–Crippen MR) is 149 cm³/mol. The van der Waals surface area contributed by atoms with Crippen LogP contribution in [0.25, 0.3) is 11.1 Å². The fraction of sp³-hybridized carbons (Fsp3) is 0.367. The van der Waals surface area contributed by atoms with Gasteiger partial charge in [0.2, 0.25) is 10.0 Å². The Morgan fingerprint density at radius 3 is 2.36 bits per heavy atom. The predicted octanol–water partition coefficient (Wildman–Crippen LogP) is 4.35. The van der Waals surface area contributed by atoms with E-state index in [2.05, 4.69) is 43.4 Å². The van der Waals surface area contributed by atoms with Gasteiger partial charge in [0.25, 0.3) is 0 Å². The smallest absolute Gasteiger partial charge is 0.335 e. The van der Waals surface area contributed by atoms with E-state index in [1.54, 1.807) is 6.07 Å². The maximum atomic E-state index is 14.6. The van der Waals surface area contributed by atoms with Gasteiger partial charge in [0.1, 0.15) is 5.82 Å². The van der Waals surface area contributed by atoms with E-state index in [0.29, 0.717) is 11.5 Å². The van der Waals surface area contributed by atoms with Crippen molar-refractivity contribution >= 4 is 16.0 Å². The standard InChI is InChI=1S/C30H35FN2O5S/c1-30(2,17-20-13-21-7-4-5-8-22(21)14-20)32-18-25(34)19-33(3)39(37,38)26-10-6-9-23(15-26)27-12-11-24(29(35)36)16-28(27)31/h4-12,15-16,20,25,32,34H,13-14,17-19H2,1-3H3,(H,35,36)/t25-/m0/s1. The number of sulfonamides is 1. The third-order valence-corrected chi connectivity index (χ3v) is 9.11. The summed E-state index contributed by atoms with van der Waals surface area (Å²) in [4.78, 5) is 11.0. The molecule has 4 rings (SSSR count). The van der Waals surface area contributed by atoms with Gasteiger partial charge >= 0.3 is 5.97 Å². The van der Waals surface area contributed by atoms with Crippen LogP contribution in [-0.2, 0) is 22.9 Å². The van der Waals surface area contributed by atoms with Crippen LogP contribution < -0.4 is 5.32 Å². The summed E-state index contributed by atoms with van der Waals surface area (Å²) in [6.45, 7) is 4.30. The van der Waals surface area contributed by atoms with Crippen LogP contribution in [0.3, 0.4) is 0 Å². The van der Waals surface area contributed by atoms with Crippen molar-refractivity contribution in [3.05, 3.63) is 89.2 Å². The molecule has 7 nitrogen and oxygen atoms in total. The highest BCUT2D eigenvalue weighted by Gasteiger charge is 2.29. The molecule has 208 valence electrons. The third kappa shape index (κ3) is 6.91. The molecule has 1 aliphatic rings. The lowest BCUT2D eigenvalue weighted by Crippen LogP contribution is -2.47. The lowest BCUT2D eigenvalue weighted by Gasteiger charge is -2.31. The van der Waals surface area contributed by atoms with Crippen molar-refractivity contribution in [2.45, 2.75) is 49.6 Å². The summed E-state index contributed by atoms with van der Waals surface area (Å²) in [6, 6.07) is 17.8. The molecule has 0 heterocycles. The van der Waals surface area contributed by atoms with Crippen molar-refractivity contribution in [3.8, 4) is 11.1 Å². The molecule has 3 aromatic carbocycles. The molecule has 1 atom stereocenters. The average molecular weight is 555 g/mol. The number of nitrogens with zero attached hydrogens (tertiary/aromatic N) is 1. The highest BCUT2D eigenvalue weighted by molar-refractivity contribution is 7.89. The SMILES string of the molecule is CN(C[C@@H](O)CNC(C)(C)CC1Cc2ccccc2C1)S(=O)(=O)c1cccc(-c2ccc(C(=O)O)cc2F)c1. The summed E-state index contributed by atoms with van der Waals surface area (Å²) in [5.41, 5.74) is 2.76. The van der Waals surface area contributed by atoms with Crippen molar-refractivity contribution < 1.29 is 27.8 Å². The number of likely N-dealkylation sites (N-methyl/N-ethyl adjacent to an activating group) is 1. The first-order valence-corrected chi connectivity index (χ1v) is 14.4. The van der Waals surface area contributed by atoms with Crippen LogP contribution in [0.5, 0.6) is 0 Å². The topological polar surface area (TPSA) is 107 Å². The van der Waals surface area contributed by atoms with Crippen LogP contribution in [0.4, 0.5) is 4.39 Å². The maximum absolute atomic E-state index is 14.6. The molecule has 0 amide bonds. The van der Waals surface area contributed by atoms with Gasteiger partial charge in [0, 0.05) is 31.2 Å². The molecule has 0 aliphatic heterocycles. The minimum absolute atomic E-state index is 0.0505. The number of fused-ring (bicyclic) bond motifs is 1. The van der Waals surface area contributed by atoms with Crippen LogP contribution in [0.1, 0.15) is 41.8 Å². The van der Waals surface area contributed by atoms with E-state index in [0.717, 1.165) is 29.6 Å². The van der Waals surface area contributed by atoms with E-state index in [9.17, 15) is 22.7 Å². The van der Waals surface area contributed by atoms with Gasteiger partial charge in [-0.1, -0.05) is 42.5 Å². The minimum atomic E-state index is -3.97. The summed E-state index contributed by atoms with van der Waals surface area (Å²) < 4.78 is 42.1. The zero-order valence-corrected chi connectivity index (χ0v) is 23.2. The van der Waals surface area contributed by atoms with Gasteiger partial charge < -0.3 is 15.5 Å². The molecule has 9 heteroatoms. The summed E-state index contributed by atoms with van der Waals surface area (Å²) in [7, 11) is -2.58. The lowest BCUT2D eigenvalue weighted by atomic mass is 9.88. The number of aliphatic hydroxyl groups excluding tert-OH is 1. The second kappa shape index (κ2) is 11.6. The van der Waals surface area contributed by atoms with Gasteiger partial charge in [-0.3, -0.25) is 0 Å². The molecular formula is C30H35FN2O5S. The summed E-state index contributed by atoms with van der Waals surface area (Å²) in [5, 5.41) is 23.1. The van der Waals surface area contributed by atoms with Gasteiger partial charge in [-0.15, -0.1) is 0 Å². The molecule has 0 fully saturated rings. The zero-order valence-electron chi connectivity index (χ0n) is 22.4. The molecular weight excluding hydrogens is 519 g/mol. The molecule has 0 saturated carbocycles. The molecule has 0 saturated heterocycles. The number of hydrogen-bond donors (Lipinski definition) is 3. The normalized spacial score (nSPS) is 14.9. The monoisotopic (exact) mass is 554 g/mol. The van der Waals surface area contributed by atoms with Crippen LogP contribution >= 0.6 is 0 Å². The van der Waals surface area contributed by atoms with E-state index in [-0.39, 0.29) is 34.7 Å². The van der Waals surface area contributed by atoms with E-state index in [1.165, 1.54) is 48.5 Å². The Morgan fingerprint density at radius 1 is 1.08 bits per heavy atom. The molecule has 3 N–H and O–H groups in total. The molecule has 0 unspecified atom stereocenters. The maximum Gasteiger partial charge on any atom is 0.335 e. The number of carbonyl (C=O) groups is 1. The molecule has 0 aromatic heterocycles. The van der Waals surface area contributed by atoms with Gasteiger partial charge in [-0.25, -0.2) is 17.6 Å². The van der Waals surface area contributed by atoms with Crippen molar-refractivity contribution in [2.24, 2.45) is 5.92 Å². The van der Waals surface area contributed by atoms with E-state index in [4.69, 9.17) is 5.11 Å². The Kier molecular flexibility index (Phi) is 8.56. The van der Waals surface area contributed by atoms with Gasteiger partial charge in [-0.05, 0) is 80.0 Å². The second-order valence-electron chi connectivity index (χ2n) is 11.0.